The van der Waals surface area contributed by atoms with Crippen LogP contribution in [-0.2, 0) is 6.54 Å². The predicted molar refractivity (Wildman–Crippen MR) is 80.4 cm³/mol. The normalized spacial score (nSPS) is 12.9. The van der Waals surface area contributed by atoms with Gasteiger partial charge in [0.1, 0.15) is 0 Å². The van der Waals surface area contributed by atoms with Crippen molar-refractivity contribution in [3.05, 3.63) is 37.7 Å². The van der Waals surface area contributed by atoms with Gasteiger partial charge in [0.25, 0.3) is 0 Å². The van der Waals surface area contributed by atoms with Crippen LogP contribution in [0.15, 0.2) is 22.1 Å². The number of nitrogens with one attached hydrogen (secondary N) is 1. The van der Waals surface area contributed by atoms with Gasteiger partial charge < -0.3 is 5.32 Å². The molecule has 0 aliphatic heterocycles. The molecule has 3 nitrogen and oxygen atoms in total. The Balaban J connectivity index is 2.43. The molecule has 0 spiro atoms. The summed E-state index contributed by atoms with van der Waals surface area (Å²) >= 11 is 11.5. The van der Waals surface area contributed by atoms with Crippen LogP contribution in [0.3, 0.4) is 0 Å². The highest BCUT2D eigenvalue weighted by Crippen LogP contribution is 2.34. The minimum absolute atomic E-state index is 0.0984. The topological polar surface area (TPSA) is 29.9 Å². The van der Waals surface area contributed by atoms with Crippen LogP contribution in [0.1, 0.15) is 30.5 Å². The number of nitrogens with zero attached hydrogens (tertiary/aromatic N) is 2. The standard InChI is InChI=1S/C12H15BrClN3S/c1-3-15-11(9-5-6-10(13)18-9)12-8(14)7-16-17(12)4-2/h5-7,11,15H,3-4H2,1-2H3. The SMILES string of the molecule is CCNC(c1ccc(Br)s1)c1c(Cl)cnn1CC. The predicted octanol–water partition coefficient (Wildman–Crippen LogP) is 4.08. The number of halogens is 2. The van der Waals surface area contributed by atoms with E-state index in [2.05, 4.69) is 52.3 Å². The first kappa shape index (κ1) is 14.1. The van der Waals surface area contributed by atoms with Crippen LogP contribution in [0.5, 0.6) is 0 Å². The van der Waals surface area contributed by atoms with E-state index in [1.165, 1.54) is 4.88 Å². The van der Waals surface area contributed by atoms with E-state index in [0.29, 0.717) is 5.02 Å². The van der Waals surface area contributed by atoms with E-state index in [4.69, 9.17) is 11.6 Å². The van der Waals surface area contributed by atoms with Crippen LogP contribution < -0.4 is 5.32 Å². The summed E-state index contributed by atoms with van der Waals surface area (Å²) in [5.41, 5.74) is 1.04. The van der Waals surface area contributed by atoms with Gasteiger partial charge in [-0.3, -0.25) is 4.68 Å². The van der Waals surface area contributed by atoms with Crippen LogP contribution in [0.4, 0.5) is 0 Å². The number of thiophene rings is 1. The van der Waals surface area contributed by atoms with Crippen molar-refractivity contribution >= 4 is 38.9 Å². The summed E-state index contributed by atoms with van der Waals surface area (Å²) in [6, 6.07) is 4.28. The Kier molecular flexibility index (Phi) is 4.84. The Bertz CT molecular complexity index is 523. The molecule has 1 N–H and O–H groups in total. The lowest BCUT2D eigenvalue weighted by Gasteiger charge is -2.18. The Morgan fingerprint density at radius 3 is 2.83 bits per heavy atom. The number of hydrogen-bond donors (Lipinski definition) is 1. The first-order valence-corrected chi connectivity index (χ1v) is 7.85. The lowest BCUT2D eigenvalue weighted by molar-refractivity contribution is 0.547. The van der Waals surface area contributed by atoms with Gasteiger partial charge >= 0.3 is 0 Å². The Morgan fingerprint density at radius 1 is 1.50 bits per heavy atom. The lowest BCUT2D eigenvalue weighted by Crippen LogP contribution is -2.24. The second-order valence-electron chi connectivity index (χ2n) is 3.83. The molecular formula is C12H15BrClN3S. The molecule has 6 heteroatoms. The molecule has 0 aromatic carbocycles. The van der Waals surface area contributed by atoms with Gasteiger partial charge in [-0.1, -0.05) is 18.5 Å². The van der Waals surface area contributed by atoms with Crippen molar-refractivity contribution in [2.75, 3.05) is 6.54 Å². The summed E-state index contributed by atoms with van der Waals surface area (Å²) in [5.74, 6) is 0. The van der Waals surface area contributed by atoms with Crippen molar-refractivity contribution in [3.8, 4) is 0 Å². The maximum absolute atomic E-state index is 6.28. The van der Waals surface area contributed by atoms with Crippen LogP contribution in [0.25, 0.3) is 0 Å². The third kappa shape index (κ3) is 2.79. The molecule has 1 atom stereocenters. The van der Waals surface area contributed by atoms with E-state index in [1.54, 1.807) is 17.5 Å². The zero-order valence-electron chi connectivity index (χ0n) is 10.3. The first-order valence-electron chi connectivity index (χ1n) is 5.87. The fraction of sp³-hybridized carbons (Fsp3) is 0.417. The molecule has 0 radical (unpaired) electrons. The van der Waals surface area contributed by atoms with Crippen LogP contribution in [0.2, 0.25) is 5.02 Å². The van der Waals surface area contributed by atoms with Crippen molar-refractivity contribution in [2.45, 2.75) is 26.4 Å². The van der Waals surface area contributed by atoms with Crippen molar-refractivity contribution < 1.29 is 0 Å². The molecule has 0 saturated carbocycles. The van der Waals surface area contributed by atoms with Crippen molar-refractivity contribution in [1.82, 2.24) is 15.1 Å². The van der Waals surface area contributed by atoms with Gasteiger partial charge in [-0.15, -0.1) is 11.3 Å². The summed E-state index contributed by atoms with van der Waals surface area (Å²) in [6.45, 7) is 5.86. The van der Waals surface area contributed by atoms with E-state index in [-0.39, 0.29) is 6.04 Å². The minimum atomic E-state index is 0.0984. The second kappa shape index (κ2) is 6.19. The summed E-state index contributed by atoms with van der Waals surface area (Å²) in [4.78, 5) is 1.24. The van der Waals surface area contributed by atoms with E-state index in [9.17, 15) is 0 Å². The molecule has 2 aromatic rings. The third-order valence-electron chi connectivity index (χ3n) is 2.69. The zero-order chi connectivity index (χ0) is 13.1. The second-order valence-corrected chi connectivity index (χ2v) is 6.73. The number of aromatic nitrogens is 2. The van der Waals surface area contributed by atoms with Gasteiger partial charge in [0, 0.05) is 11.4 Å². The minimum Gasteiger partial charge on any atom is -0.305 e. The van der Waals surface area contributed by atoms with Gasteiger partial charge in [0.2, 0.25) is 0 Å². The van der Waals surface area contributed by atoms with Gasteiger partial charge in [-0.05, 0) is 41.5 Å². The van der Waals surface area contributed by atoms with Crippen LogP contribution in [0, 0.1) is 0 Å². The first-order chi connectivity index (χ1) is 8.67. The maximum atomic E-state index is 6.28. The molecule has 0 bridgehead atoms. The Labute approximate surface area is 124 Å². The molecule has 0 aliphatic carbocycles. The van der Waals surface area contributed by atoms with Crippen molar-refractivity contribution in [1.29, 1.82) is 0 Å². The van der Waals surface area contributed by atoms with Gasteiger partial charge in [-0.2, -0.15) is 5.10 Å². The van der Waals surface area contributed by atoms with Gasteiger partial charge in [0.15, 0.2) is 0 Å². The summed E-state index contributed by atoms with van der Waals surface area (Å²) in [6.07, 6.45) is 1.72. The third-order valence-corrected chi connectivity index (χ3v) is 4.67. The number of rotatable bonds is 5. The molecule has 0 fully saturated rings. The monoisotopic (exact) mass is 347 g/mol. The maximum Gasteiger partial charge on any atom is 0.0857 e. The van der Waals surface area contributed by atoms with E-state index in [1.807, 2.05) is 4.68 Å². The fourth-order valence-electron chi connectivity index (χ4n) is 1.93. The Morgan fingerprint density at radius 2 is 2.28 bits per heavy atom. The number of aryl methyl sites for hydroxylation is 1. The van der Waals surface area contributed by atoms with E-state index < -0.39 is 0 Å². The molecule has 0 aliphatic rings. The summed E-state index contributed by atoms with van der Waals surface area (Å²) < 4.78 is 3.07. The van der Waals surface area contributed by atoms with E-state index >= 15 is 0 Å². The molecule has 2 rings (SSSR count). The molecule has 0 amide bonds. The van der Waals surface area contributed by atoms with Crippen molar-refractivity contribution in [2.24, 2.45) is 0 Å². The summed E-state index contributed by atoms with van der Waals surface area (Å²) in [5, 5.41) is 8.50. The molecule has 2 heterocycles. The van der Waals surface area contributed by atoms with Gasteiger partial charge in [-0.25, -0.2) is 0 Å². The molecule has 0 saturated heterocycles. The molecule has 1 unspecified atom stereocenters. The van der Waals surface area contributed by atoms with E-state index in [0.717, 1.165) is 22.6 Å². The smallest absolute Gasteiger partial charge is 0.0857 e. The van der Waals surface area contributed by atoms with Crippen LogP contribution in [-0.4, -0.2) is 16.3 Å². The Hall–Kier alpha value is -0.360. The molecule has 18 heavy (non-hydrogen) atoms. The average Bonchev–Trinajstić information content (AvgIpc) is 2.93. The highest BCUT2D eigenvalue weighted by molar-refractivity contribution is 9.11. The molecular weight excluding hydrogens is 334 g/mol. The lowest BCUT2D eigenvalue weighted by atomic mass is 10.1. The quantitative estimate of drug-likeness (QED) is 0.882. The largest absolute Gasteiger partial charge is 0.305 e. The highest BCUT2D eigenvalue weighted by Gasteiger charge is 2.22. The summed E-state index contributed by atoms with van der Waals surface area (Å²) in [7, 11) is 0. The molecule has 2 aromatic heterocycles. The fourth-order valence-corrected chi connectivity index (χ4v) is 3.68. The van der Waals surface area contributed by atoms with Crippen LogP contribution >= 0.6 is 38.9 Å². The average molecular weight is 349 g/mol. The highest BCUT2D eigenvalue weighted by atomic mass is 79.9. The van der Waals surface area contributed by atoms with Crippen molar-refractivity contribution in [3.63, 3.8) is 0 Å². The zero-order valence-corrected chi connectivity index (χ0v) is 13.4. The number of hydrogen-bond acceptors (Lipinski definition) is 3. The van der Waals surface area contributed by atoms with Gasteiger partial charge in [0.05, 0.1) is 26.7 Å². The molecule has 98 valence electrons.